The third kappa shape index (κ3) is 2.57. The molecule has 2 N–H and O–H groups in total. The van der Waals surface area contributed by atoms with Crippen LogP contribution in [0.25, 0.3) is 0 Å². The predicted octanol–water partition coefficient (Wildman–Crippen LogP) is 1.90. The minimum absolute atomic E-state index is 0. The maximum atomic E-state index is 5.47. The monoisotopic (exact) mass is 280 g/mol. The second-order valence-electron chi connectivity index (χ2n) is 4.62. The highest BCUT2D eigenvalue weighted by atomic mass is 35.5. The van der Waals surface area contributed by atoms with E-state index in [2.05, 4.69) is 46.2 Å². The van der Waals surface area contributed by atoms with Crippen molar-refractivity contribution in [3.05, 3.63) is 41.5 Å². The number of hydrogen-bond donors (Lipinski definition) is 1. The number of nitrogens with zero attached hydrogens (tertiary/aromatic N) is 3. The van der Waals surface area contributed by atoms with Gasteiger partial charge in [0.2, 0.25) is 5.89 Å². The maximum absolute atomic E-state index is 5.47. The molecule has 0 bridgehead atoms. The van der Waals surface area contributed by atoms with Crippen LogP contribution in [-0.2, 0) is 19.5 Å². The average molecular weight is 281 g/mol. The Morgan fingerprint density at radius 3 is 2.95 bits per heavy atom. The van der Waals surface area contributed by atoms with E-state index in [9.17, 15) is 0 Å². The average Bonchev–Trinajstić information content (AvgIpc) is 2.96. The van der Waals surface area contributed by atoms with Gasteiger partial charge < -0.3 is 15.2 Å². The molecule has 3 rings (SSSR count). The SMILES string of the molecule is CC1Cc2ccccc2N1Cc1noc(CN)n1.Cl. The lowest BCUT2D eigenvalue weighted by Crippen LogP contribution is -2.29. The molecule has 5 nitrogen and oxygen atoms in total. The lowest BCUT2D eigenvalue weighted by atomic mass is 10.1. The number of benzene rings is 1. The van der Waals surface area contributed by atoms with Gasteiger partial charge in [-0.25, -0.2) is 0 Å². The fraction of sp³-hybridized carbons (Fsp3) is 0.385. The summed E-state index contributed by atoms with van der Waals surface area (Å²) in [6, 6.07) is 8.92. The van der Waals surface area contributed by atoms with Gasteiger partial charge in [0.1, 0.15) is 0 Å². The number of para-hydroxylation sites is 1. The van der Waals surface area contributed by atoms with Gasteiger partial charge in [-0.05, 0) is 25.0 Å². The minimum atomic E-state index is 0. The zero-order valence-electron chi connectivity index (χ0n) is 10.7. The summed E-state index contributed by atoms with van der Waals surface area (Å²) in [4.78, 5) is 6.56. The molecule has 2 heterocycles. The van der Waals surface area contributed by atoms with Crippen LogP contribution in [0.3, 0.4) is 0 Å². The lowest BCUT2D eigenvalue weighted by Gasteiger charge is -2.22. The number of hydrogen-bond acceptors (Lipinski definition) is 5. The van der Waals surface area contributed by atoms with Crippen molar-refractivity contribution in [1.29, 1.82) is 0 Å². The van der Waals surface area contributed by atoms with Crippen LogP contribution in [0.4, 0.5) is 5.69 Å². The molecule has 0 saturated heterocycles. The highest BCUT2D eigenvalue weighted by Crippen LogP contribution is 2.32. The van der Waals surface area contributed by atoms with Crippen LogP contribution in [0.1, 0.15) is 24.2 Å². The first-order valence-electron chi connectivity index (χ1n) is 6.14. The molecule has 1 aliphatic rings. The molecule has 2 aromatic rings. The molecule has 6 heteroatoms. The molecule has 102 valence electrons. The van der Waals surface area contributed by atoms with E-state index in [1.54, 1.807) is 0 Å². The van der Waals surface area contributed by atoms with Crippen LogP contribution in [0.5, 0.6) is 0 Å². The van der Waals surface area contributed by atoms with E-state index >= 15 is 0 Å². The molecule has 0 amide bonds. The number of rotatable bonds is 3. The van der Waals surface area contributed by atoms with Crippen LogP contribution >= 0.6 is 12.4 Å². The third-order valence-corrected chi connectivity index (χ3v) is 3.34. The Bertz CT molecular complexity index is 557. The van der Waals surface area contributed by atoms with Crippen LogP contribution < -0.4 is 10.6 Å². The second-order valence-corrected chi connectivity index (χ2v) is 4.62. The van der Waals surface area contributed by atoms with Crippen molar-refractivity contribution >= 4 is 18.1 Å². The summed E-state index contributed by atoms with van der Waals surface area (Å²) in [7, 11) is 0. The van der Waals surface area contributed by atoms with E-state index in [1.807, 2.05) is 0 Å². The first kappa shape index (κ1) is 13.8. The number of fused-ring (bicyclic) bond motifs is 1. The quantitative estimate of drug-likeness (QED) is 0.930. The Morgan fingerprint density at radius 1 is 1.42 bits per heavy atom. The molecule has 0 saturated carbocycles. The zero-order valence-corrected chi connectivity index (χ0v) is 11.6. The number of anilines is 1. The van der Waals surface area contributed by atoms with E-state index < -0.39 is 0 Å². The van der Waals surface area contributed by atoms with E-state index in [-0.39, 0.29) is 12.4 Å². The van der Waals surface area contributed by atoms with Gasteiger partial charge in [-0.3, -0.25) is 0 Å². The summed E-state index contributed by atoms with van der Waals surface area (Å²) in [5.41, 5.74) is 8.11. The lowest BCUT2D eigenvalue weighted by molar-refractivity contribution is 0.374. The fourth-order valence-corrected chi connectivity index (χ4v) is 2.46. The molecule has 1 aromatic carbocycles. The summed E-state index contributed by atoms with van der Waals surface area (Å²) in [5.74, 6) is 1.18. The van der Waals surface area contributed by atoms with E-state index in [4.69, 9.17) is 10.3 Å². The second kappa shape index (κ2) is 5.59. The highest BCUT2D eigenvalue weighted by molar-refractivity contribution is 5.85. The number of aromatic nitrogens is 2. The standard InChI is InChI=1S/C13H16N4O.ClH/c1-9-6-10-4-2-3-5-11(10)17(9)8-12-15-13(7-14)18-16-12;/h2-5,9H,6-8,14H2,1H3;1H. The molecule has 19 heavy (non-hydrogen) atoms. The van der Waals surface area contributed by atoms with Crippen LogP contribution in [0.2, 0.25) is 0 Å². The van der Waals surface area contributed by atoms with Crippen molar-refractivity contribution in [2.24, 2.45) is 5.73 Å². The first-order chi connectivity index (χ1) is 8.78. The molecule has 1 aromatic heterocycles. The predicted molar refractivity (Wildman–Crippen MR) is 75.2 cm³/mol. The van der Waals surface area contributed by atoms with Crippen molar-refractivity contribution in [2.45, 2.75) is 32.5 Å². The van der Waals surface area contributed by atoms with E-state index in [0.29, 0.717) is 30.8 Å². The Balaban J connectivity index is 0.00000133. The van der Waals surface area contributed by atoms with Crippen LogP contribution in [0, 0.1) is 0 Å². The molecule has 1 atom stereocenters. The molecular weight excluding hydrogens is 264 g/mol. The maximum Gasteiger partial charge on any atom is 0.240 e. The van der Waals surface area contributed by atoms with Gasteiger partial charge in [-0.2, -0.15) is 4.98 Å². The molecule has 1 unspecified atom stereocenters. The van der Waals surface area contributed by atoms with Gasteiger partial charge in [0.15, 0.2) is 5.82 Å². The number of halogens is 1. The normalized spacial score (nSPS) is 17.2. The van der Waals surface area contributed by atoms with Crippen molar-refractivity contribution < 1.29 is 4.52 Å². The summed E-state index contributed by atoms with van der Waals surface area (Å²) in [6.45, 7) is 3.17. The summed E-state index contributed by atoms with van der Waals surface area (Å²) in [6.07, 6.45) is 1.07. The van der Waals surface area contributed by atoms with E-state index in [0.717, 1.165) is 6.42 Å². The van der Waals surface area contributed by atoms with Gasteiger partial charge in [0.05, 0.1) is 13.1 Å². The first-order valence-corrected chi connectivity index (χ1v) is 6.14. The van der Waals surface area contributed by atoms with Gasteiger partial charge in [-0.15, -0.1) is 12.4 Å². The topological polar surface area (TPSA) is 68.2 Å². The van der Waals surface area contributed by atoms with Crippen LogP contribution in [-0.4, -0.2) is 16.2 Å². The summed E-state index contributed by atoms with van der Waals surface area (Å²) >= 11 is 0. The van der Waals surface area contributed by atoms with Gasteiger partial charge in [0, 0.05) is 11.7 Å². The molecule has 0 fully saturated rings. The van der Waals surface area contributed by atoms with Crippen molar-refractivity contribution in [3.63, 3.8) is 0 Å². The summed E-state index contributed by atoms with van der Waals surface area (Å²) < 4.78 is 5.03. The van der Waals surface area contributed by atoms with Gasteiger partial charge >= 0.3 is 0 Å². The molecule has 1 aliphatic heterocycles. The Hall–Kier alpha value is -1.59. The minimum Gasteiger partial charge on any atom is -0.361 e. The summed E-state index contributed by atoms with van der Waals surface area (Å²) in [5, 5.41) is 3.95. The zero-order chi connectivity index (χ0) is 12.5. The molecule has 0 aliphatic carbocycles. The third-order valence-electron chi connectivity index (χ3n) is 3.34. The van der Waals surface area contributed by atoms with Crippen molar-refractivity contribution in [3.8, 4) is 0 Å². The van der Waals surface area contributed by atoms with Gasteiger partial charge in [-0.1, -0.05) is 23.4 Å². The molecular formula is C13H17ClN4O. The Labute approximate surface area is 118 Å². The Kier molecular flexibility index (Phi) is 4.07. The van der Waals surface area contributed by atoms with E-state index in [1.165, 1.54) is 11.3 Å². The van der Waals surface area contributed by atoms with Crippen molar-refractivity contribution in [1.82, 2.24) is 10.1 Å². The van der Waals surface area contributed by atoms with Gasteiger partial charge in [0.25, 0.3) is 0 Å². The smallest absolute Gasteiger partial charge is 0.240 e. The highest BCUT2D eigenvalue weighted by Gasteiger charge is 2.26. The fourth-order valence-electron chi connectivity index (χ4n) is 2.46. The molecule has 0 spiro atoms. The molecule has 0 radical (unpaired) electrons. The largest absolute Gasteiger partial charge is 0.361 e. The van der Waals surface area contributed by atoms with Crippen LogP contribution in [0.15, 0.2) is 28.8 Å². The van der Waals surface area contributed by atoms with Crippen molar-refractivity contribution in [2.75, 3.05) is 4.90 Å². The number of nitrogens with two attached hydrogens (primary N) is 1. The Morgan fingerprint density at radius 2 is 2.21 bits per heavy atom.